The Balaban J connectivity index is 0.000000147. The minimum Gasteiger partial charge on any atom is -0.494 e. The summed E-state index contributed by atoms with van der Waals surface area (Å²) in [7, 11) is 1.60. The molecular weight excluding hydrogens is 386 g/mol. The number of benzene rings is 1. The Morgan fingerprint density at radius 2 is 2.00 bits per heavy atom. The maximum atomic E-state index is 11.9. The van der Waals surface area contributed by atoms with Gasteiger partial charge >= 0.3 is 0 Å². The molecule has 3 aromatic heterocycles. The summed E-state index contributed by atoms with van der Waals surface area (Å²) in [5.41, 5.74) is 7.84. The number of aromatic nitrogens is 5. The molecule has 0 unspecified atom stereocenters. The van der Waals surface area contributed by atoms with Gasteiger partial charge in [-0.3, -0.25) is 4.79 Å². The Bertz CT molecular complexity index is 1180. The molecule has 1 fully saturated rings. The number of nitrogens with zero attached hydrogens (tertiary/aromatic N) is 6. The number of likely N-dealkylation sites (tertiary alicyclic amines) is 1. The summed E-state index contributed by atoms with van der Waals surface area (Å²) in [5.74, 6) is 1.35. The third-order valence-corrected chi connectivity index (χ3v) is 5.03. The molecular formula is C20H23N7O3. The second-order valence-electron chi connectivity index (χ2n) is 6.94. The van der Waals surface area contributed by atoms with Gasteiger partial charge in [0.1, 0.15) is 17.6 Å². The Labute approximate surface area is 172 Å². The van der Waals surface area contributed by atoms with Gasteiger partial charge in [-0.05, 0) is 38.3 Å². The van der Waals surface area contributed by atoms with Crippen LogP contribution in [0.2, 0.25) is 0 Å². The van der Waals surface area contributed by atoms with Crippen molar-refractivity contribution in [3.8, 4) is 5.75 Å². The molecule has 0 spiro atoms. The third kappa shape index (κ3) is 3.63. The van der Waals surface area contributed by atoms with Crippen LogP contribution in [0.5, 0.6) is 5.75 Å². The number of nitrogen functional groups attached to an aromatic ring is 1. The van der Waals surface area contributed by atoms with Gasteiger partial charge in [-0.1, -0.05) is 6.07 Å². The number of aryl methyl sites for hydroxylation is 1. The minimum atomic E-state index is -0.0142. The van der Waals surface area contributed by atoms with Gasteiger partial charge in [0.2, 0.25) is 11.7 Å². The number of carbonyl (C=O) groups is 1. The number of piperidine rings is 1. The monoisotopic (exact) mass is 409 g/mol. The van der Waals surface area contributed by atoms with Gasteiger partial charge in [0.25, 0.3) is 5.91 Å². The van der Waals surface area contributed by atoms with Crippen LogP contribution in [0.3, 0.4) is 0 Å². The maximum Gasteiger partial charge on any atom is 0.291 e. The van der Waals surface area contributed by atoms with Gasteiger partial charge in [0.15, 0.2) is 12.0 Å². The number of rotatable bonds is 2. The number of amides is 1. The predicted octanol–water partition coefficient (Wildman–Crippen LogP) is 2.48. The number of methoxy groups -OCH3 is 1. The lowest BCUT2D eigenvalue weighted by atomic mass is 10.1. The average molecular weight is 409 g/mol. The second kappa shape index (κ2) is 8.36. The molecule has 0 bridgehead atoms. The van der Waals surface area contributed by atoms with Crippen molar-refractivity contribution < 1.29 is 13.9 Å². The Hall–Kier alpha value is -3.69. The summed E-state index contributed by atoms with van der Waals surface area (Å²) in [4.78, 5) is 26.1. The molecule has 156 valence electrons. The quantitative estimate of drug-likeness (QED) is 0.535. The smallest absolute Gasteiger partial charge is 0.291 e. The minimum absolute atomic E-state index is 0.0142. The highest BCUT2D eigenvalue weighted by Crippen LogP contribution is 2.26. The molecule has 1 amide bonds. The molecule has 1 aliphatic rings. The summed E-state index contributed by atoms with van der Waals surface area (Å²) < 4.78 is 11.8. The summed E-state index contributed by atoms with van der Waals surface area (Å²) in [6.07, 6.45) is 6.19. The fraction of sp³-hybridized carbons (Fsp3) is 0.350. The lowest BCUT2D eigenvalue weighted by Crippen LogP contribution is -2.35. The van der Waals surface area contributed by atoms with E-state index >= 15 is 0 Å². The number of oxazole rings is 1. The van der Waals surface area contributed by atoms with E-state index in [2.05, 4.69) is 20.1 Å². The first kappa shape index (κ1) is 19.6. The fourth-order valence-electron chi connectivity index (χ4n) is 3.49. The summed E-state index contributed by atoms with van der Waals surface area (Å²) >= 11 is 0. The first-order valence-electron chi connectivity index (χ1n) is 9.71. The number of fused-ring (bicyclic) bond motifs is 3. The van der Waals surface area contributed by atoms with Crippen LogP contribution in [0.25, 0.3) is 16.6 Å². The molecule has 0 aliphatic carbocycles. The Kier molecular flexibility index (Phi) is 5.46. The SMILES string of the molecule is COc1cccc2c1nc(N)n1ncnc21.Cc1ncoc1C(=O)N1CCCCC1. The molecule has 0 radical (unpaired) electrons. The Morgan fingerprint density at radius 1 is 1.20 bits per heavy atom. The first-order chi connectivity index (χ1) is 14.6. The molecule has 5 rings (SSSR count). The van der Waals surface area contributed by atoms with E-state index in [4.69, 9.17) is 14.9 Å². The second-order valence-corrected chi connectivity index (χ2v) is 6.94. The normalized spacial score (nSPS) is 13.9. The number of carbonyl (C=O) groups excluding carboxylic acids is 1. The number of para-hydroxylation sites is 1. The molecule has 30 heavy (non-hydrogen) atoms. The van der Waals surface area contributed by atoms with Gasteiger partial charge in [-0.15, -0.1) is 0 Å². The predicted molar refractivity (Wildman–Crippen MR) is 110 cm³/mol. The van der Waals surface area contributed by atoms with Crippen LogP contribution in [0, 0.1) is 6.92 Å². The number of nitrogens with two attached hydrogens (primary N) is 1. The number of ether oxygens (including phenoxy) is 1. The van der Waals surface area contributed by atoms with Crippen molar-refractivity contribution in [2.75, 3.05) is 25.9 Å². The topological polar surface area (TPSA) is 125 Å². The molecule has 0 saturated carbocycles. The highest BCUT2D eigenvalue weighted by molar-refractivity contribution is 5.95. The number of hydrogen-bond donors (Lipinski definition) is 1. The average Bonchev–Trinajstić information content (AvgIpc) is 3.44. The van der Waals surface area contributed by atoms with Crippen LogP contribution in [0.1, 0.15) is 35.5 Å². The summed E-state index contributed by atoms with van der Waals surface area (Å²) in [6.45, 7) is 3.48. The lowest BCUT2D eigenvalue weighted by Gasteiger charge is -2.25. The zero-order valence-corrected chi connectivity index (χ0v) is 16.9. The van der Waals surface area contributed by atoms with E-state index in [1.165, 1.54) is 23.7 Å². The van der Waals surface area contributed by atoms with Crippen molar-refractivity contribution in [1.29, 1.82) is 0 Å². The van der Waals surface area contributed by atoms with Crippen LogP contribution in [0.15, 0.2) is 35.3 Å². The highest BCUT2D eigenvalue weighted by Gasteiger charge is 2.22. The summed E-state index contributed by atoms with van der Waals surface area (Å²) in [5, 5.41) is 4.87. The van der Waals surface area contributed by atoms with Gasteiger partial charge in [0.05, 0.1) is 12.8 Å². The maximum absolute atomic E-state index is 11.9. The van der Waals surface area contributed by atoms with Crippen molar-refractivity contribution in [3.05, 3.63) is 42.4 Å². The standard InChI is InChI=1S/C10H9N5O.C10H14N2O2/c1-16-7-4-2-3-6-8(7)14-10(11)15-9(6)12-5-13-15;1-8-9(14-7-11-8)10(13)12-5-3-2-4-6-12/h2-5H,1H3,(H2,11,14);7H,2-6H2,1H3. The van der Waals surface area contributed by atoms with Crippen LogP contribution >= 0.6 is 0 Å². The van der Waals surface area contributed by atoms with Crippen molar-refractivity contribution in [2.45, 2.75) is 26.2 Å². The van der Waals surface area contributed by atoms with Crippen molar-refractivity contribution in [3.63, 3.8) is 0 Å². The van der Waals surface area contributed by atoms with E-state index in [1.54, 1.807) is 14.0 Å². The zero-order chi connectivity index (χ0) is 21.1. The van der Waals surface area contributed by atoms with Crippen molar-refractivity contribution >= 4 is 28.4 Å². The summed E-state index contributed by atoms with van der Waals surface area (Å²) in [6, 6.07) is 5.63. The largest absolute Gasteiger partial charge is 0.494 e. The Morgan fingerprint density at radius 3 is 2.70 bits per heavy atom. The van der Waals surface area contributed by atoms with E-state index in [0.29, 0.717) is 34.3 Å². The first-order valence-corrected chi connectivity index (χ1v) is 9.71. The third-order valence-electron chi connectivity index (χ3n) is 5.03. The van der Waals surface area contributed by atoms with Crippen LogP contribution < -0.4 is 10.5 Å². The van der Waals surface area contributed by atoms with Crippen molar-refractivity contribution in [2.24, 2.45) is 0 Å². The van der Waals surface area contributed by atoms with Gasteiger partial charge < -0.3 is 19.8 Å². The molecule has 4 heterocycles. The van der Waals surface area contributed by atoms with Gasteiger partial charge in [-0.2, -0.15) is 9.61 Å². The van der Waals surface area contributed by atoms with E-state index in [9.17, 15) is 4.79 Å². The van der Waals surface area contributed by atoms with E-state index in [1.807, 2.05) is 23.1 Å². The van der Waals surface area contributed by atoms with E-state index < -0.39 is 0 Å². The van der Waals surface area contributed by atoms with E-state index in [0.717, 1.165) is 31.3 Å². The fourth-order valence-corrected chi connectivity index (χ4v) is 3.49. The number of anilines is 1. The lowest BCUT2D eigenvalue weighted by molar-refractivity contribution is 0.0691. The molecule has 2 N–H and O–H groups in total. The molecule has 1 aromatic carbocycles. The molecule has 1 saturated heterocycles. The van der Waals surface area contributed by atoms with Crippen molar-refractivity contribution in [1.82, 2.24) is 29.5 Å². The van der Waals surface area contributed by atoms with Crippen LogP contribution in [-0.2, 0) is 0 Å². The highest BCUT2D eigenvalue weighted by atomic mass is 16.5. The van der Waals surface area contributed by atoms with Crippen LogP contribution in [-0.4, -0.2) is 55.6 Å². The molecule has 4 aromatic rings. The van der Waals surface area contributed by atoms with Crippen LogP contribution in [0.4, 0.5) is 5.95 Å². The molecule has 0 atom stereocenters. The number of hydrogen-bond acceptors (Lipinski definition) is 8. The molecule has 10 nitrogen and oxygen atoms in total. The zero-order valence-electron chi connectivity index (χ0n) is 16.9. The van der Waals surface area contributed by atoms with Gasteiger partial charge in [0, 0.05) is 18.5 Å². The van der Waals surface area contributed by atoms with E-state index in [-0.39, 0.29) is 5.91 Å². The van der Waals surface area contributed by atoms with Gasteiger partial charge in [-0.25, -0.2) is 15.0 Å². The molecule has 1 aliphatic heterocycles. The molecule has 10 heteroatoms.